The fourth-order valence-corrected chi connectivity index (χ4v) is 2.20. The number of halogens is 2. The van der Waals surface area contributed by atoms with Gasteiger partial charge >= 0.3 is 11.9 Å². The third-order valence-electron chi connectivity index (χ3n) is 2.88. The van der Waals surface area contributed by atoms with Crippen LogP contribution in [-0.4, -0.2) is 21.0 Å². The number of fused-ring (bicyclic) bond motifs is 1. The molecule has 0 unspecified atom stereocenters. The molecule has 0 aliphatic rings. The molecule has 2 aromatic heterocycles. The molecule has 0 fully saturated rings. The van der Waals surface area contributed by atoms with Gasteiger partial charge in [0.25, 0.3) is 0 Å². The maximum absolute atomic E-state index is 14.0. The highest BCUT2D eigenvalue weighted by Gasteiger charge is 2.13. The van der Waals surface area contributed by atoms with Gasteiger partial charge < -0.3 is 9.52 Å². The van der Waals surface area contributed by atoms with Gasteiger partial charge in [0, 0.05) is 18.0 Å². The lowest BCUT2D eigenvalue weighted by molar-refractivity contribution is 0.0653. The summed E-state index contributed by atoms with van der Waals surface area (Å²) in [4.78, 5) is 18.4. The molecule has 1 aromatic carbocycles. The van der Waals surface area contributed by atoms with Crippen molar-refractivity contribution in [1.29, 1.82) is 0 Å². The van der Waals surface area contributed by atoms with Crippen LogP contribution in [0.5, 0.6) is 0 Å². The summed E-state index contributed by atoms with van der Waals surface area (Å²) in [6.45, 7) is 0. The zero-order chi connectivity index (χ0) is 15.0. The highest BCUT2D eigenvalue weighted by atomic mass is 35.5. The Kier molecular flexibility index (Phi) is 3.31. The summed E-state index contributed by atoms with van der Waals surface area (Å²) in [7, 11) is 0. The molecule has 0 atom stereocenters. The average molecular weight is 307 g/mol. The van der Waals surface area contributed by atoms with Crippen molar-refractivity contribution in [2.45, 2.75) is 6.42 Å². The average Bonchev–Trinajstić information content (AvgIpc) is 2.86. The summed E-state index contributed by atoms with van der Waals surface area (Å²) in [5.74, 6) is -2.11. The van der Waals surface area contributed by atoms with Gasteiger partial charge in [-0.25, -0.2) is 14.2 Å². The molecule has 0 radical (unpaired) electrons. The van der Waals surface area contributed by atoms with Crippen molar-refractivity contribution in [2.75, 3.05) is 0 Å². The van der Waals surface area contributed by atoms with Gasteiger partial charge in [-0.1, -0.05) is 11.6 Å². The van der Waals surface area contributed by atoms with E-state index < -0.39 is 17.7 Å². The molecule has 3 rings (SSSR count). The number of carboxylic acids is 1. The quantitative estimate of drug-likeness (QED) is 0.803. The van der Waals surface area contributed by atoms with Gasteiger partial charge in [0.15, 0.2) is 0 Å². The summed E-state index contributed by atoms with van der Waals surface area (Å²) in [5, 5.41) is 9.72. The summed E-state index contributed by atoms with van der Waals surface area (Å²) in [6.07, 6.45) is 2.86. The molecule has 0 aliphatic heterocycles. The summed E-state index contributed by atoms with van der Waals surface area (Å²) < 4.78 is 18.8. The Bertz CT molecular complexity index is 847. The lowest BCUT2D eigenvalue weighted by Crippen LogP contribution is -1.97. The second-order valence-corrected chi connectivity index (χ2v) is 4.87. The first-order valence-corrected chi connectivity index (χ1v) is 6.32. The van der Waals surface area contributed by atoms with Crippen molar-refractivity contribution in [3.05, 3.63) is 58.6 Å². The van der Waals surface area contributed by atoms with Crippen LogP contribution in [0.3, 0.4) is 0 Å². The molecule has 0 amide bonds. The second kappa shape index (κ2) is 5.14. The fourth-order valence-electron chi connectivity index (χ4n) is 2.03. The number of hydrogen-bond donors (Lipinski definition) is 1. The number of rotatable bonds is 3. The number of hydrogen-bond acceptors (Lipinski definition) is 4. The van der Waals surface area contributed by atoms with E-state index in [-0.39, 0.29) is 11.9 Å². The first-order valence-electron chi connectivity index (χ1n) is 5.94. The Morgan fingerprint density at radius 2 is 2.19 bits per heavy atom. The molecule has 5 nitrogen and oxygen atoms in total. The molecule has 21 heavy (non-hydrogen) atoms. The highest BCUT2D eigenvalue weighted by molar-refractivity contribution is 6.31. The van der Waals surface area contributed by atoms with E-state index in [2.05, 4.69) is 9.97 Å². The minimum atomic E-state index is -1.25. The van der Waals surface area contributed by atoms with Crippen molar-refractivity contribution < 1.29 is 18.7 Å². The largest absolute Gasteiger partial charge is 0.474 e. The first-order chi connectivity index (χ1) is 10.0. The summed E-state index contributed by atoms with van der Waals surface area (Å²) in [5.41, 5.74) is 1.25. The topological polar surface area (TPSA) is 76.2 Å². The molecular weight excluding hydrogens is 299 g/mol. The number of nitrogens with zero attached hydrogens (tertiary/aromatic N) is 2. The SMILES string of the molecule is O=C(O)c1nc(Cc2cc(F)c3ncc(Cl)cc3c2)co1. The molecular formula is C14H8ClFN2O3. The van der Waals surface area contributed by atoms with E-state index in [1.54, 1.807) is 12.1 Å². The van der Waals surface area contributed by atoms with E-state index in [1.807, 2.05) is 0 Å². The normalized spacial score (nSPS) is 11.0. The number of carboxylic acid groups (broad SMARTS) is 1. The lowest BCUT2D eigenvalue weighted by atomic mass is 10.1. The number of oxazole rings is 1. The summed E-state index contributed by atoms with van der Waals surface area (Å²) >= 11 is 5.84. The number of pyridine rings is 1. The van der Waals surface area contributed by atoms with Gasteiger partial charge in [0.1, 0.15) is 17.6 Å². The van der Waals surface area contributed by atoms with Crippen LogP contribution in [-0.2, 0) is 6.42 Å². The van der Waals surface area contributed by atoms with Crippen molar-refractivity contribution in [3.63, 3.8) is 0 Å². The fraction of sp³-hybridized carbons (Fsp3) is 0.0714. The zero-order valence-electron chi connectivity index (χ0n) is 10.5. The number of carbonyl (C=O) groups is 1. The highest BCUT2D eigenvalue weighted by Crippen LogP contribution is 2.22. The van der Waals surface area contributed by atoms with Crippen molar-refractivity contribution in [2.24, 2.45) is 0 Å². The van der Waals surface area contributed by atoms with Crippen LogP contribution in [0.1, 0.15) is 21.9 Å². The Balaban J connectivity index is 1.98. The third kappa shape index (κ3) is 2.71. The van der Waals surface area contributed by atoms with Crippen LogP contribution in [0.25, 0.3) is 10.9 Å². The second-order valence-electron chi connectivity index (χ2n) is 4.43. The van der Waals surface area contributed by atoms with Crippen LogP contribution < -0.4 is 0 Å². The molecule has 0 spiro atoms. The minimum absolute atomic E-state index is 0.231. The zero-order valence-corrected chi connectivity index (χ0v) is 11.3. The van der Waals surface area contributed by atoms with E-state index in [0.717, 1.165) is 0 Å². The van der Waals surface area contributed by atoms with E-state index in [1.165, 1.54) is 18.5 Å². The molecule has 0 aliphatic carbocycles. The molecule has 0 saturated carbocycles. The third-order valence-corrected chi connectivity index (χ3v) is 3.09. The van der Waals surface area contributed by atoms with E-state index >= 15 is 0 Å². The number of aromatic nitrogens is 2. The number of benzene rings is 1. The smallest absolute Gasteiger partial charge is 0.392 e. The van der Waals surface area contributed by atoms with Gasteiger partial charge in [0.05, 0.1) is 10.7 Å². The molecule has 3 aromatic rings. The summed E-state index contributed by atoms with van der Waals surface area (Å²) in [6, 6.07) is 4.67. The van der Waals surface area contributed by atoms with Gasteiger partial charge in [-0.05, 0) is 23.8 Å². The van der Waals surface area contributed by atoms with Crippen molar-refractivity contribution in [3.8, 4) is 0 Å². The first kappa shape index (κ1) is 13.5. The minimum Gasteiger partial charge on any atom is -0.474 e. The van der Waals surface area contributed by atoms with Crippen molar-refractivity contribution in [1.82, 2.24) is 9.97 Å². The van der Waals surface area contributed by atoms with Gasteiger partial charge in [-0.15, -0.1) is 0 Å². The molecule has 1 N–H and O–H groups in total. The Hall–Kier alpha value is -2.47. The number of aromatic carboxylic acids is 1. The van der Waals surface area contributed by atoms with Crippen LogP contribution in [0.4, 0.5) is 4.39 Å². The van der Waals surface area contributed by atoms with Crippen LogP contribution >= 0.6 is 11.6 Å². The lowest BCUT2D eigenvalue weighted by Gasteiger charge is -2.03. The van der Waals surface area contributed by atoms with Crippen molar-refractivity contribution >= 4 is 28.5 Å². The Labute approximate surface area is 123 Å². The van der Waals surface area contributed by atoms with Crippen LogP contribution in [0.2, 0.25) is 5.02 Å². The predicted octanol–water partition coefficient (Wildman–Crippen LogP) is 3.30. The van der Waals surface area contributed by atoms with Gasteiger partial charge in [0.2, 0.25) is 0 Å². The predicted molar refractivity (Wildman–Crippen MR) is 73.0 cm³/mol. The van der Waals surface area contributed by atoms with Crippen LogP contribution in [0.15, 0.2) is 35.1 Å². The monoisotopic (exact) mass is 306 g/mol. The van der Waals surface area contributed by atoms with Gasteiger partial charge in [-0.3, -0.25) is 4.98 Å². The maximum Gasteiger partial charge on any atom is 0.392 e. The van der Waals surface area contributed by atoms with Crippen LogP contribution in [0, 0.1) is 5.82 Å². The Morgan fingerprint density at radius 1 is 1.38 bits per heavy atom. The van der Waals surface area contributed by atoms with E-state index in [9.17, 15) is 9.18 Å². The van der Waals surface area contributed by atoms with Gasteiger partial charge in [-0.2, -0.15) is 0 Å². The standard InChI is InChI=1S/C14H8ClFN2O3/c15-9-4-8-1-7(3-11(16)12(8)17-5-9)2-10-6-21-13(18-10)14(19)20/h1,3-6H,2H2,(H,19,20). The maximum atomic E-state index is 14.0. The van der Waals surface area contributed by atoms with E-state index in [0.29, 0.717) is 21.7 Å². The molecule has 2 heterocycles. The van der Waals surface area contributed by atoms with E-state index in [4.69, 9.17) is 21.1 Å². The molecule has 0 saturated heterocycles. The molecule has 0 bridgehead atoms. The molecule has 106 valence electrons. The molecule has 7 heteroatoms. The Morgan fingerprint density at radius 3 is 2.90 bits per heavy atom.